The maximum Gasteiger partial charge on any atom is 0.266 e. The zero-order valence-electron chi connectivity index (χ0n) is 13.5. The first-order chi connectivity index (χ1) is 12.0. The molecular formula is C18H16FN3O2S. The van der Waals surface area contributed by atoms with Crippen molar-refractivity contribution in [1.29, 1.82) is 0 Å². The highest BCUT2D eigenvalue weighted by Crippen LogP contribution is 2.15. The van der Waals surface area contributed by atoms with Crippen LogP contribution >= 0.6 is 11.3 Å². The third-order valence-corrected chi connectivity index (χ3v) is 4.62. The minimum Gasteiger partial charge on any atom is -0.349 e. The fourth-order valence-electron chi connectivity index (χ4n) is 2.30. The van der Waals surface area contributed by atoms with Crippen LogP contribution in [0.15, 0.2) is 52.6 Å². The van der Waals surface area contributed by atoms with Crippen LogP contribution in [0, 0.1) is 12.7 Å². The minimum atomic E-state index is -0.330. The van der Waals surface area contributed by atoms with E-state index in [0.717, 1.165) is 5.56 Å². The van der Waals surface area contributed by atoms with Crippen LogP contribution in [0.2, 0.25) is 0 Å². The summed E-state index contributed by atoms with van der Waals surface area (Å²) in [6, 6.07) is 10.7. The summed E-state index contributed by atoms with van der Waals surface area (Å²) in [5.41, 5.74) is 2.07. The number of benzene rings is 1. The van der Waals surface area contributed by atoms with Crippen molar-refractivity contribution in [2.45, 2.75) is 13.5 Å². The molecule has 0 bridgehead atoms. The van der Waals surface area contributed by atoms with E-state index in [4.69, 9.17) is 0 Å². The zero-order chi connectivity index (χ0) is 17.8. The lowest BCUT2D eigenvalue weighted by atomic mass is 10.1. The molecule has 5 nitrogen and oxygen atoms in total. The van der Waals surface area contributed by atoms with Crippen molar-refractivity contribution in [3.05, 3.63) is 74.5 Å². The van der Waals surface area contributed by atoms with Crippen molar-refractivity contribution < 1.29 is 9.18 Å². The first-order valence-corrected chi connectivity index (χ1v) is 8.58. The Bertz CT molecular complexity index is 947. The molecule has 0 spiro atoms. The number of halogens is 1. The van der Waals surface area contributed by atoms with E-state index in [2.05, 4.69) is 10.4 Å². The fourth-order valence-corrected chi connectivity index (χ4v) is 3.11. The Morgan fingerprint density at radius 1 is 1.24 bits per heavy atom. The summed E-state index contributed by atoms with van der Waals surface area (Å²) in [4.78, 5) is 24.6. The second-order valence-corrected chi connectivity index (χ2v) is 6.44. The van der Waals surface area contributed by atoms with Crippen molar-refractivity contribution in [1.82, 2.24) is 15.1 Å². The molecule has 3 rings (SSSR count). The molecule has 1 aromatic carbocycles. The highest BCUT2D eigenvalue weighted by atomic mass is 32.1. The Morgan fingerprint density at radius 3 is 2.68 bits per heavy atom. The summed E-state index contributed by atoms with van der Waals surface area (Å²) in [6.45, 7) is 2.47. The number of hydrogen-bond acceptors (Lipinski definition) is 4. The van der Waals surface area contributed by atoms with Crippen LogP contribution in [-0.4, -0.2) is 22.2 Å². The fraction of sp³-hybridized carbons (Fsp3) is 0.167. The Morgan fingerprint density at radius 2 is 2.00 bits per heavy atom. The first kappa shape index (κ1) is 17.0. The molecule has 3 aromatic rings. The molecule has 7 heteroatoms. The average molecular weight is 357 g/mol. The van der Waals surface area contributed by atoms with E-state index < -0.39 is 0 Å². The van der Waals surface area contributed by atoms with Crippen LogP contribution < -0.4 is 10.9 Å². The molecule has 1 amide bonds. The van der Waals surface area contributed by atoms with Crippen LogP contribution in [0.3, 0.4) is 0 Å². The molecule has 0 radical (unpaired) electrons. The van der Waals surface area contributed by atoms with Gasteiger partial charge in [0.1, 0.15) is 5.82 Å². The molecule has 0 aliphatic carbocycles. The largest absolute Gasteiger partial charge is 0.349 e. The average Bonchev–Trinajstić information content (AvgIpc) is 3.04. The summed E-state index contributed by atoms with van der Waals surface area (Å²) >= 11 is 1.38. The van der Waals surface area contributed by atoms with Crippen LogP contribution in [-0.2, 0) is 6.54 Å². The third-order valence-electron chi connectivity index (χ3n) is 3.57. The summed E-state index contributed by atoms with van der Waals surface area (Å²) < 4.78 is 14.3. The summed E-state index contributed by atoms with van der Waals surface area (Å²) in [5.74, 6) is -0.496. The lowest BCUT2D eigenvalue weighted by Crippen LogP contribution is -2.31. The number of amides is 1. The van der Waals surface area contributed by atoms with E-state index in [1.54, 1.807) is 18.2 Å². The molecular weight excluding hydrogens is 341 g/mol. The third kappa shape index (κ3) is 4.19. The number of thiophene rings is 1. The molecule has 0 saturated carbocycles. The van der Waals surface area contributed by atoms with Crippen LogP contribution in [0.25, 0.3) is 11.3 Å². The number of nitrogens with zero attached hydrogens (tertiary/aromatic N) is 2. The molecule has 0 fully saturated rings. The Hall–Kier alpha value is -2.80. The topological polar surface area (TPSA) is 64.0 Å². The maximum absolute atomic E-state index is 13.0. The molecule has 0 aliphatic rings. The van der Waals surface area contributed by atoms with Gasteiger partial charge in [-0.15, -0.1) is 11.3 Å². The number of hydrogen-bond donors (Lipinski definition) is 1. The Kier molecular flexibility index (Phi) is 5.04. The summed E-state index contributed by atoms with van der Waals surface area (Å²) in [5, 5.41) is 8.97. The molecule has 2 heterocycles. The van der Waals surface area contributed by atoms with Crippen molar-refractivity contribution in [3.8, 4) is 11.3 Å². The normalized spacial score (nSPS) is 10.6. The Balaban J connectivity index is 1.68. The second-order valence-electron chi connectivity index (χ2n) is 5.53. The van der Waals surface area contributed by atoms with E-state index in [1.807, 2.05) is 18.4 Å². The quantitative estimate of drug-likeness (QED) is 0.764. The van der Waals surface area contributed by atoms with Gasteiger partial charge in [0.2, 0.25) is 0 Å². The van der Waals surface area contributed by atoms with Crippen LogP contribution in [0.1, 0.15) is 15.2 Å². The molecule has 2 aromatic heterocycles. The predicted octanol–water partition coefficient (Wildman–Crippen LogP) is 2.85. The number of carbonyl (C=O) groups excluding carboxylic acids is 1. The van der Waals surface area contributed by atoms with Crippen molar-refractivity contribution in [2.24, 2.45) is 0 Å². The molecule has 1 N–H and O–H groups in total. The minimum absolute atomic E-state index is 0.166. The molecule has 0 aliphatic heterocycles. The highest BCUT2D eigenvalue weighted by Gasteiger charge is 2.08. The number of carbonyl (C=O) groups is 1. The smallest absolute Gasteiger partial charge is 0.266 e. The van der Waals surface area contributed by atoms with Gasteiger partial charge in [0.15, 0.2) is 0 Å². The van der Waals surface area contributed by atoms with Crippen molar-refractivity contribution in [3.63, 3.8) is 0 Å². The van der Waals surface area contributed by atoms with Crippen molar-refractivity contribution in [2.75, 3.05) is 6.54 Å². The van der Waals surface area contributed by atoms with Crippen LogP contribution in [0.5, 0.6) is 0 Å². The molecule has 128 valence electrons. The van der Waals surface area contributed by atoms with Gasteiger partial charge in [0, 0.05) is 18.2 Å². The van der Waals surface area contributed by atoms with E-state index >= 15 is 0 Å². The standard InChI is InChI=1S/C18H16FN3O2S/c1-12-10-16(25-11-12)18(24)20-8-9-22-17(23)7-6-15(21-22)13-2-4-14(19)5-3-13/h2-7,10-11H,8-9H2,1H3,(H,20,24). The van der Waals surface area contributed by atoms with Gasteiger partial charge in [0.05, 0.1) is 17.1 Å². The summed E-state index contributed by atoms with van der Waals surface area (Å²) in [6.07, 6.45) is 0. The van der Waals surface area contributed by atoms with Crippen molar-refractivity contribution >= 4 is 17.2 Å². The monoisotopic (exact) mass is 357 g/mol. The highest BCUT2D eigenvalue weighted by molar-refractivity contribution is 7.12. The molecule has 25 heavy (non-hydrogen) atoms. The molecule has 0 saturated heterocycles. The zero-order valence-corrected chi connectivity index (χ0v) is 14.3. The van der Waals surface area contributed by atoms with Gasteiger partial charge in [0.25, 0.3) is 11.5 Å². The summed E-state index contributed by atoms with van der Waals surface area (Å²) in [7, 11) is 0. The number of aromatic nitrogens is 2. The lowest BCUT2D eigenvalue weighted by Gasteiger charge is -2.08. The predicted molar refractivity (Wildman–Crippen MR) is 95.3 cm³/mol. The van der Waals surface area contributed by atoms with E-state index in [-0.39, 0.29) is 30.4 Å². The van der Waals surface area contributed by atoms with Gasteiger partial charge in [-0.1, -0.05) is 0 Å². The van der Waals surface area contributed by atoms with Gasteiger partial charge in [-0.3, -0.25) is 9.59 Å². The van der Waals surface area contributed by atoms with E-state index in [0.29, 0.717) is 16.1 Å². The van der Waals surface area contributed by atoms with Crippen LogP contribution in [0.4, 0.5) is 4.39 Å². The van der Waals surface area contributed by atoms with Gasteiger partial charge in [-0.25, -0.2) is 9.07 Å². The first-order valence-electron chi connectivity index (χ1n) is 7.70. The number of nitrogens with one attached hydrogen (secondary N) is 1. The number of rotatable bonds is 5. The lowest BCUT2D eigenvalue weighted by molar-refractivity contribution is 0.0955. The van der Waals surface area contributed by atoms with E-state index in [1.165, 1.54) is 34.2 Å². The second kappa shape index (κ2) is 7.40. The van der Waals surface area contributed by atoms with E-state index in [9.17, 15) is 14.0 Å². The number of aryl methyl sites for hydroxylation is 1. The van der Waals surface area contributed by atoms with Gasteiger partial charge >= 0.3 is 0 Å². The van der Waals surface area contributed by atoms with Gasteiger partial charge in [-0.2, -0.15) is 5.10 Å². The maximum atomic E-state index is 13.0. The van der Waals surface area contributed by atoms with Gasteiger partial charge in [-0.05, 0) is 54.3 Å². The molecule has 0 unspecified atom stereocenters. The van der Waals surface area contributed by atoms with Gasteiger partial charge < -0.3 is 5.32 Å². The Labute approximate surface area is 147 Å². The molecule has 0 atom stereocenters. The SMILES string of the molecule is Cc1csc(C(=O)NCCn2nc(-c3ccc(F)cc3)ccc2=O)c1.